The van der Waals surface area contributed by atoms with Gasteiger partial charge in [-0.2, -0.15) is 0 Å². The van der Waals surface area contributed by atoms with Crippen LogP contribution in [-0.4, -0.2) is 28.7 Å². The van der Waals surface area contributed by atoms with E-state index in [1.54, 1.807) is 41.8 Å². The van der Waals surface area contributed by atoms with Gasteiger partial charge in [0.2, 0.25) is 0 Å². The van der Waals surface area contributed by atoms with Crippen LogP contribution in [0.25, 0.3) is 10.9 Å². The van der Waals surface area contributed by atoms with Crippen molar-refractivity contribution in [3.8, 4) is 11.5 Å². The minimum absolute atomic E-state index is 0.140. The van der Waals surface area contributed by atoms with Gasteiger partial charge in [0.1, 0.15) is 17.3 Å². The summed E-state index contributed by atoms with van der Waals surface area (Å²) >= 11 is 0. The van der Waals surface area contributed by atoms with Crippen LogP contribution in [0.15, 0.2) is 60.8 Å². The summed E-state index contributed by atoms with van der Waals surface area (Å²) in [4.78, 5) is 28.5. The highest BCUT2D eigenvalue weighted by Gasteiger charge is 2.15. The summed E-state index contributed by atoms with van der Waals surface area (Å²) in [7, 11) is 1.28. The van der Waals surface area contributed by atoms with Gasteiger partial charge >= 0.3 is 12.0 Å². The number of rotatable bonds is 4. The maximum absolute atomic E-state index is 13.5. The largest absolute Gasteiger partial charge is 0.464 e. The summed E-state index contributed by atoms with van der Waals surface area (Å²) in [5.41, 5.74) is 2.52. The number of halogens is 1. The van der Waals surface area contributed by atoms with E-state index < -0.39 is 5.97 Å². The quantitative estimate of drug-likeness (QED) is 0.433. The van der Waals surface area contributed by atoms with Crippen molar-refractivity contribution in [2.24, 2.45) is 0 Å². The third kappa shape index (κ3) is 4.15. The van der Waals surface area contributed by atoms with Crippen LogP contribution in [0.2, 0.25) is 0 Å². The number of amides is 1. The minimum atomic E-state index is -0.555. The molecule has 0 aliphatic carbocycles. The van der Waals surface area contributed by atoms with E-state index in [1.165, 1.54) is 31.5 Å². The molecule has 2 heterocycles. The molecule has 2 aromatic carbocycles. The van der Waals surface area contributed by atoms with Gasteiger partial charge in [0.15, 0.2) is 5.69 Å². The first-order valence-electron chi connectivity index (χ1n) is 9.77. The molecule has 4 aromatic rings. The molecule has 4 rings (SSSR count). The second kappa shape index (κ2) is 8.50. The number of anilines is 1. The Morgan fingerprint density at radius 3 is 2.53 bits per heavy atom. The van der Waals surface area contributed by atoms with Gasteiger partial charge in [-0.3, -0.25) is 4.57 Å². The van der Waals surface area contributed by atoms with Crippen molar-refractivity contribution in [1.29, 1.82) is 0 Å². The Hall–Kier alpha value is -4.20. The number of aryl methyl sites for hydroxylation is 2. The van der Waals surface area contributed by atoms with Crippen LogP contribution in [0.4, 0.5) is 14.9 Å². The fourth-order valence-corrected chi connectivity index (χ4v) is 3.39. The molecule has 0 saturated carbocycles. The number of benzene rings is 2. The zero-order chi connectivity index (χ0) is 22.8. The van der Waals surface area contributed by atoms with Crippen LogP contribution < -0.4 is 10.1 Å². The molecule has 0 fully saturated rings. The van der Waals surface area contributed by atoms with Crippen molar-refractivity contribution in [3.63, 3.8) is 0 Å². The van der Waals surface area contributed by atoms with Crippen molar-refractivity contribution in [2.75, 3.05) is 12.4 Å². The first kappa shape index (κ1) is 21.0. The molecule has 8 heteroatoms. The summed E-state index contributed by atoms with van der Waals surface area (Å²) in [6.45, 7) is 3.46. The molecule has 0 aliphatic heterocycles. The zero-order valence-electron chi connectivity index (χ0n) is 17.7. The summed E-state index contributed by atoms with van der Waals surface area (Å²) in [6.07, 6.45) is 1.46. The topological polar surface area (TPSA) is 82.5 Å². The molecular formula is C24H20FN3O4. The van der Waals surface area contributed by atoms with Gasteiger partial charge in [-0.25, -0.2) is 19.0 Å². The molecule has 0 aliphatic rings. The van der Waals surface area contributed by atoms with Crippen molar-refractivity contribution >= 4 is 28.6 Å². The maximum atomic E-state index is 13.5. The second-order valence-electron chi connectivity index (χ2n) is 7.21. The highest BCUT2D eigenvalue weighted by atomic mass is 19.1. The number of hydrogen-bond acceptors (Lipinski definition) is 5. The van der Waals surface area contributed by atoms with Crippen LogP contribution in [0.3, 0.4) is 0 Å². The zero-order valence-corrected chi connectivity index (χ0v) is 17.7. The predicted molar refractivity (Wildman–Crippen MR) is 118 cm³/mol. The van der Waals surface area contributed by atoms with Gasteiger partial charge in [-0.1, -0.05) is 0 Å². The average Bonchev–Trinajstić information content (AvgIpc) is 3.11. The average molecular weight is 433 g/mol. The Morgan fingerprint density at radius 1 is 1.00 bits per heavy atom. The van der Waals surface area contributed by atoms with Gasteiger partial charge in [0.05, 0.1) is 12.6 Å². The molecular weight excluding hydrogens is 413 g/mol. The van der Waals surface area contributed by atoms with Crippen LogP contribution in [0.5, 0.6) is 11.5 Å². The van der Waals surface area contributed by atoms with Crippen molar-refractivity contribution in [3.05, 3.63) is 83.6 Å². The number of aromatic nitrogens is 2. The SMILES string of the molecule is COC(=O)c1cc(Oc2ccc3c(c2)cc(C)n3C(=O)Nc2ccc(F)c(C)c2)ccn1. The van der Waals surface area contributed by atoms with Crippen molar-refractivity contribution in [1.82, 2.24) is 9.55 Å². The molecule has 0 bridgehead atoms. The Bertz CT molecular complexity index is 1350. The number of methoxy groups -OCH3 is 1. The Balaban J connectivity index is 1.59. The molecule has 0 spiro atoms. The number of nitrogens with zero attached hydrogens (tertiary/aromatic N) is 2. The Morgan fingerprint density at radius 2 is 1.78 bits per heavy atom. The van der Waals surface area contributed by atoms with Crippen LogP contribution >= 0.6 is 0 Å². The number of pyridine rings is 1. The Labute approximate surface area is 183 Å². The summed E-state index contributed by atoms with van der Waals surface area (Å²) in [6, 6.07) is 14.4. The molecule has 0 saturated heterocycles. The minimum Gasteiger partial charge on any atom is -0.464 e. The van der Waals surface area contributed by atoms with E-state index in [1.807, 2.05) is 13.0 Å². The van der Waals surface area contributed by atoms with Gasteiger partial charge in [0, 0.05) is 29.0 Å². The standard InChI is InChI=1S/C24H20FN3O4/c1-14-10-17(4-6-20(14)25)27-24(30)28-15(2)11-16-12-18(5-7-22(16)28)32-19-8-9-26-21(13-19)23(29)31-3/h4-13H,1-3H3,(H,27,30). The lowest BCUT2D eigenvalue weighted by Gasteiger charge is -2.11. The number of fused-ring (bicyclic) bond motifs is 1. The smallest absolute Gasteiger partial charge is 0.356 e. The maximum Gasteiger partial charge on any atom is 0.356 e. The highest BCUT2D eigenvalue weighted by Crippen LogP contribution is 2.28. The van der Waals surface area contributed by atoms with E-state index in [9.17, 15) is 14.0 Å². The second-order valence-corrected chi connectivity index (χ2v) is 7.21. The van der Waals surface area contributed by atoms with Crippen molar-refractivity contribution in [2.45, 2.75) is 13.8 Å². The normalized spacial score (nSPS) is 10.8. The molecule has 1 N–H and O–H groups in total. The third-order valence-electron chi connectivity index (χ3n) is 4.93. The molecule has 32 heavy (non-hydrogen) atoms. The van der Waals surface area contributed by atoms with Crippen molar-refractivity contribution < 1.29 is 23.5 Å². The number of hydrogen-bond donors (Lipinski definition) is 1. The van der Waals surface area contributed by atoms with E-state index in [0.717, 1.165) is 11.1 Å². The van der Waals surface area contributed by atoms with Gasteiger partial charge < -0.3 is 14.8 Å². The lowest BCUT2D eigenvalue weighted by Crippen LogP contribution is -2.20. The number of ether oxygens (including phenoxy) is 2. The van der Waals surface area contributed by atoms with Gasteiger partial charge in [-0.05, 0) is 67.9 Å². The fraction of sp³-hybridized carbons (Fsp3) is 0.125. The van der Waals surface area contributed by atoms with E-state index in [2.05, 4.69) is 15.0 Å². The lowest BCUT2D eigenvalue weighted by molar-refractivity contribution is 0.0593. The first-order valence-corrected chi connectivity index (χ1v) is 9.77. The van der Waals surface area contributed by atoms with E-state index in [4.69, 9.17) is 4.74 Å². The summed E-state index contributed by atoms with van der Waals surface area (Å²) < 4.78 is 25.6. The number of carbonyl (C=O) groups is 2. The fourth-order valence-electron chi connectivity index (χ4n) is 3.39. The molecule has 0 atom stereocenters. The lowest BCUT2D eigenvalue weighted by atomic mass is 10.2. The summed E-state index contributed by atoms with van der Waals surface area (Å²) in [5.74, 6) is 0.0820. The van der Waals surface area contributed by atoms with Crippen LogP contribution in [0.1, 0.15) is 21.7 Å². The Kier molecular flexibility index (Phi) is 5.59. The molecule has 7 nitrogen and oxygen atoms in total. The third-order valence-corrected chi connectivity index (χ3v) is 4.93. The number of nitrogens with one attached hydrogen (secondary N) is 1. The monoisotopic (exact) mass is 433 g/mol. The molecule has 0 unspecified atom stereocenters. The highest BCUT2D eigenvalue weighted by molar-refractivity contribution is 5.99. The number of esters is 1. The molecule has 162 valence electrons. The first-order chi connectivity index (χ1) is 15.4. The van der Waals surface area contributed by atoms with Gasteiger partial charge in [-0.15, -0.1) is 0 Å². The van der Waals surface area contributed by atoms with E-state index in [0.29, 0.717) is 28.3 Å². The van der Waals surface area contributed by atoms with E-state index in [-0.39, 0.29) is 17.5 Å². The van der Waals surface area contributed by atoms with E-state index >= 15 is 0 Å². The van der Waals surface area contributed by atoms with Crippen LogP contribution in [-0.2, 0) is 4.74 Å². The predicted octanol–water partition coefficient (Wildman–Crippen LogP) is 5.45. The number of carbonyl (C=O) groups excluding carboxylic acids is 2. The molecule has 0 radical (unpaired) electrons. The van der Waals surface area contributed by atoms with Crippen LogP contribution in [0, 0.1) is 19.7 Å². The van der Waals surface area contributed by atoms with Gasteiger partial charge in [0.25, 0.3) is 0 Å². The summed E-state index contributed by atoms with van der Waals surface area (Å²) in [5, 5.41) is 3.60. The molecule has 2 aromatic heterocycles. The molecule has 1 amide bonds.